The number of thiazole rings is 1. The summed E-state index contributed by atoms with van der Waals surface area (Å²) in [4.78, 5) is 16.9. The van der Waals surface area contributed by atoms with Crippen molar-refractivity contribution in [3.05, 3.63) is 66.0 Å². The first kappa shape index (κ1) is 14.4. The Balaban J connectivity index is 1.55. The van der Waals surface area contributed by atoms with E-state index in [2.05, 4.69) is 15.4 Å². The summed E-state index contributed by atoms with van der Waals surface area (Å²) in [5, 5.41) is 8.86. The van der Waals surface area contributed by atoms with Crippen LogP contribution in [0.2, 0.25) is 0 Å². The van der Waals surface area contributed by atoms with E-state index < -0.39 is 6.09 Å². The van der Waals surface area contributed by atoms with Crippen LogP contribution in [-0.2, 0) is 0 Å². The van der Waals surface area contributed by atoms with Crippen molar-refractivity contribution in [2.24, 2.45) is 0 Å². The number of fused-ring (bicyclic) bond motifs is 1. The van der Waals surface area contributed by atoms with E-state index in [0.29, 0.717) is 10.7 Å². The van der Waals surface area contributed by atoms with E-state index in [4.69, 9.17) is 4.74 Å². The van der Waals surface area contributed by atoms with Gasteiger partial charge in [-0.05, 0) is 12.1 Å². The Morgan fingerprint density at radius 3 is 2.50 bits per heavy atom. The first-order valence-electron chi connectivity index (χ1n) is 7.23. The number of carbonyl (C=O) groups is 1. The molecule has 1 N–H and O–H groups in total. The molecule has 2 aromatic carbocycles. The van der Waals surface area contributed by atoms with E-state index in [0.717, 1.165) is 11.3 Å². The quantitative estimate of drug-likeness (QED) is 0.612. The van der Waals surface area contributed by atoms with Gasteiger partial charge < -0.3 is 4.74 Å². The maximum Gasteiger partial charge on any atom is 0.419 e. The zero-order chi connectivity index (χ0) is 16.4. The molecule has 4 aromatic rings. The minimum atomic E-state index is -0.624. The van der Waals surface area contributed by atoms with Gasteiger partial charge in [0.15, 0.2) is 0 Å². The van der Waals surface area contributed by atoms with Gasteiger partial charge in [0.25, 0.3) is 5.95 Å². The van der Waals surface area contributed by atoms with E-state index in [1.165, 1.54) is 11.3 Å². The Morgan fingerprint density at radius 1 is 1.04 bits per heavy atom. The highest BCUT2D eigenvalue weighted by atomic mass is 32.1. The summed E-state index contributed by atoms with van der Waals surface area (Å²) in [6, 6.07) is 18.7. The Labute approximate surface area is 141 Å². The molecule has 0 saturated heterocycles. The van der Waals surface area contributed by atoms with Crippen LogP contribution < -0.4 is 10.1 Å². The maximum absolute atomic E-state index is 11.9. The van der Waals surface area contributed by atoms with Gasteiger partial charge in [-0.15, -0.1) is 16.4 Å². The molecule has 0 atom stereocenters. The summed E-state index contributed by atoms with van der Waals surface area (Å²) in [7, 11) is 0. The third-order valence-corrected chi connectivity index (χ3v) is 4.13. The molecule has 0 bridgehead atoms. The molecule has 0 aliphatic heterocycles. The fraction of sp³-hybridized carbons (Fsp3) is 0. The van der Waals surface area contributed by atoms with Crippen LogP contribution in [-0.4, -0.2) is 20.7 Å². The van der Waals surface area contributed by atoms with Crippen LogP contribution in [0.15, 0.2) is 66.0 Å². The average molecular weight is 336 g/mol. The molecule has 0 spiro atoms. The molecule has 0 saturated carbocycles. The largest absolute Gasteiger partial charge is 0.419 e. The van der Waals surface area contributed by atoms with Gasteiger partial charge in [0, 0.05) is 10.9 Å². The van der Waals surface area contributed by atoms with Gasteiger partial charge in [0.05, 0.1) is 5.69 Å². The molecule has 0 aliphatic carbocycles. The summed E-state index contributed by atoms with van der Waals surface area (Å²) in [6.45, 7) is 0. The van der Waals surface area contributed by atoms with Gasteiger partial charge in [-0.2, -0.15) is 4.98 Å². The third-order valence-electron chi connectivity index (χ3n) is 3.32. The number of benzene rings is 2. The number of nitrogens with one attached hydrogen (secondary N) is 1. The van der Waals surface area contributed by atoms with Gasteiger partial charge in [-0.3, -0.25) is 5.32 Å². The standard InChI is InChI=1S/C17H12N4O2S/c22-17(23-13-9-5-2-6-10-13)19-15-18-16-21(20-15)14(11-24-16)12-7-3-1-4-8-12/h1-11H,(H,19,20,22). The molecule has 0 aliphatic rings. The Hall–Kier alpha value is -3.19. The van der Waals surface area contributed by atoms with Crippen molar-refractivity contribution in [2.75, 3.05) is 5.32 Å². The molecule has 0 fully saturated rings. The van der Waals surface area contributed by atoms with Crippen LogP contribution in [0.25, 0.3) is 16.2 Å². The van der Waals surface area contributed by atoms with Crippen molar-refractivity contribution in [2.45, 2.75) is 0 Å². The average Bonchev–Trinajstić information content (AvgIpc) is 3.16. The fourth-order valence-corrected chi connectivity index (χ4v) is 3.09. The van der Waals surface area contributed by atoms with Crippen LogP contribution in [0, 0.1) is 0 Å². The van der Waals surface area contributed by atoms with E-state index in [1.54, 1.807) is 28.8 Å². The van der Waals surface area contributed by atoms with E-state index >= 15 is 0 Å². The van der Waals surface area contributed by atoms with Crippen LogP contribution in [0.4, 0.5) is 10.7 Å². The third kappa shape index (κ3) is 2.84. The predicted octanol–water partition coefficient (Wildman–Crippen LogP) is 4.07. The van der Waals surface area contributed by atoms with E-state index in [-0.39, 0.29) is 5.95 Å². The lowest BCUT2D eigenvalue weighted by Crippen LogP contribution is -2.17. The molecule has 24 heavy (non-hydrogen) atoms. The van der Waals surface area contributed by atoms with Crippen molar-refractivity contribution < 1.29 is 9.53 Å². The Bertz CT molecular complexity index is 980. The summed E-state index contributed by atoms with van der Waals surface area (Å²) in [5.41, 5.74) is 1.96. The number of para-hydroxylation sites is 1. The number of anilines is 1. The highest BCUT2D eigenvalue weighted by molar-refractivity contribution is 7.15. The monoisotopic (exact) mass is 336 g/mol. The summed E-state index contributed by atoms with van der Waals surface area (Å²) in [5.74, 6) is 0.668. The molecule has 0 radical (unpaired) electrons. The molecule has 4 rings (SSSR count). The lowest BCUT2D eigenvalue weighted by Gasteiger charge is -2.03. The van der Waals surface area contributed by atoms with Gasteiger partial charge in [-0.1, -0.05) is 48.5 Å². The lowest BCUT2D eigenvalue weighted by atomic mass is 10.2. The van der Waals surface area contributed by atoms with E-state index in [9.17, 15) is 4.79 Å². The number of carbonyl (C=O) groups excluding carboxylic acids is 1. The smallest absolute Gasteiger partial charge is 0.410 e. The van der Waals surface area contributed by atoms with Crippen molar-refractivity contribution in [1.82, 2.24) is 14.6 Å². The number of rotatable bonds is 3. The van der Waals surface area contributed by atoms with E-state index in [1.807, 2.05) is 41.8 Å². The van der Waals surface area contributed by atoms with Crippen LogP contribution in [0.5, 0.6) is 5.75 Å². The number of amides is 1. The Morgan fingerprint density at radius 2 is 1.75 bits per heavy atom. The van der Waals surface area contributed by atoms with Crippen LogP contribution in [0.1, 0.15) is 0 Å². The number of ether oxygens (including phenoxy) is 1. The molecule has 0 unspecified atom stereocenters. The van der Waals surface area contributed by atoms with Crippen LogP contribution in [0.3, 0.4) is 0 Å². The highest BCUT2D eigenvalue weighted by Crippen LogP contribution is 2.25. The molecule has 2 heterocycles. The second-order valence-electron chi connectivity index (χ2n) is 4.94. The number of nitrogens with zero attached hydrogens (tertiary/aromatic N) is 3. The molecule has 6 nitrogen and oxygen atoms in total. The van der Waals surface area contributed by atoms with Crippen molar-refractivity contribution in [3.63, 3.8) is 0 Å². The van der Waals surface area contributed by atoms with Gasteiger partial charge in [0.1, 0.15) is 5.75 Å². The summed E-state index contributed by atoms with van der Waals surface area (Å²) in [6.07, 6.45) is -0.624. The second-order valence-corrected chi connectivity index (χ2v) is 5.78. The zero-order valence-corrected chi connectivity index (χ0v) is 13.2. The summed E-state index contributed by atoms with van der Waals surface area (Å²) < 4.78 is 6.88. The number of aromatic nitrogens is 3. The fourth-order valence-electron chi connectivity index (χ4n) is 2.25. The summed E-state index contributed by atoms with van der Waals surface area (Å²) >= 11 is 1.46. The minimum Gasteiger partial charge on any atom is -0.410 e. The van der Waals surface area contributed by atoms with Crippen molar-refractivity contribution >= 4 is 28.3 Å². The molecule has 2 aromatic heterocycles. The topological polar surface area (TPSA) is 68.5 Å². The zero-order valence-electron chi connectivity index (χ0n) is 12.4. The molecular weight excluding hydrogens is 324 g/mol. The van der Waals surface area contributed by atoms with Crippen molar-refractivity contribution in [1.29, 1.82) is 0 Å². The second kappa shape index (κ2) is 6.13. The van der Waals surface area contributed by atoms with Gasteiger partial charge in [0.2, 0.25) is 4.96 Å². The first-order valence-corrected chi connectivity index (χ1v) is 8.11. The highest BCUT2D eigenvalue weighted by Gasteiger charge is 2.14. The van der Waals surface area contributed by atoms with Gasteiger partial charge >= 0.3 is 6.09 Å². The molecule has 118 valence electrons. The first-order chi connectivity index (χ1) is 11.8. The van der Waals surface area contributed by atoms with Gasteiger partial charge in [-0.25, -0.2) is 9.31 Å². The van der Waals surface area contributed by atoms with Crippen molar-refractivity contribution in [3.8, 4) is 17.0 Å². The molecular formula is C17H12N4O2S. The lowest BCUT2D eigenvalue weighted by molar-refractivity contribution is 0.215. The number of hydrogen-bond donors (Lipinski definition) is 1. The SMILES string of the molecule is O=C(Nc1nc2scc(-c3ccccc3)n2n1)Oc1ccccc1. The Kier molecular flexibility index (Phi) is 3.68. The normalized spacial score (nSPS) is 10.7. The molecule has 7 heteroatoms. The van der Waals surface area contributed by atoms with Crippen LogP contribution >= 0.6 is 11.3 Å². The predicted molar refractivity (Wildman–Crippen MR) is 92.4 cm³/mol. The maximum atomic E-state index is 11.9. The minimum absolute atomic E-state index is 0.208. The number of hydrogen-bond acceptors (Lipinski definition) is 5. The molecule has 1 amide bonds.